The van der Waals surface area contributed by atoms with Gasteiger partial charge in [-0.2, -0.15) is 0 Å². The molecule has 2 aliphatic heterocycles. The van der Waals surface area contributed by atoms with Crippen LogP contribution in [0, 0.1) is 13.8 Å². The number of nitrogens with one attached hydrogen (secondary N) is 1. The van der Waals surface area contributed by atoms with Crippen molar-refractivity contribution in [2.75, 3.05) is 67.6 Å². The van der Waals surface area contributed by atoms with Gasteiger partial charge in [0, 0.05) is 45.0 Å². The van der Waals surface area contributed by atoms with Crippen LogP contribution in [0.5, 0.6) is 0 Å². The van der Waals surface area contributed by atoms with Gasteiger partial charge in [0.2, 0.25) is 0 Å². The molecular formula is C23H30N4O2. The van der Waals surface area contributed by atoms with Crippen molar-refractivity contribution in [2.45, 2.75) is 13.8 Å². The van der Waals surface area contributed by atoms with Gasteiger partial charge in [0.05, 0.1) is 24.6 Å². The number of morpholine rings is 1. The summed E-state index contributed by atoms with van der Waals surface area (Å²) in [5, 5.41) is 3.14. The molecule has 0 unspecified atom stereocenters. The first-order valence-corrected chi connectivity index (χ1v) is 10.4. The Labute approximate surface area is 173 Å². The molecule has 1 N–H and O–H groups in total. The predicted molar refractivity (Wildman–Crippen MR) is 118 cm³/mol. The number of anilines is 3. The molecule has 4 rings (SSSR count). The van der Waals surface area contributed by atoms with Crippen LogP contribution in [0.4, 0.5) is 21.9 Å². The van der Waals surface area contributed by atoms with Crippen molar-refractivity contribution < 1.29 is 9.53 Å². The maximum absolute atomic E-state index is 12.9. The summed E-state index contributed by atoms with van der Waals surface area (Å²) in [6, 6.07) is 14.4. The van der Waals surface area contributed by atoms with Crippen molar-refractivity contribution in [2.24, 2.45) is 0 Å². The highest BCUT2D eigenvalue weighted by Gasteiger charge is 2.24. The molecule has 2 amide bonds. The molecule has 2 aromatic rings. The molecule has 2 aliphatic rings. The molecule has 0 bridgehead atoms. The summed E-state index contributed by atoms with van der Waals surface area (Å²) in [4.78, 5) is 19.5. The summed E-state index contributed by atoms with van der Waals surface area (Å²) < 4.78 is 5.46. The van der Waals surface area contributed by atoms with Crippen LogP contribution in [-0.4, -0.2) is 63.4 Å². The number of rotatable bonds is 3. The fraction of sp³-hybridized carbons (Fsp3) is 0.435. The molecule has 2 fully saturated rings. The van der Waals surface area contributed by atoms with Gasteiger partial charge < -0.3 is 24.8 Å². The maximum atomic E-state index is 12.9. The summed E-state index contributed by atoms with van der Waals surface area (Å²) in [6.07, 6.45) is 0. The molecule has 0 aromatic heterocycles. The second-order valence-electron chi connectivity index (χ2n) is 7.76. The molecule has 6 heteroatoms. The number of ether oxygens (including phenoxy) is 1. The lowest BCUT2D eigenvalue weighted by Gasteiger charge is -2.37. The van der Waals surface area contributed by atoms with Crippen LogP contribution in [0.25, 0.3) is 0 Å². The highest BCUT2D eigenvalue weighted by molar-refractivity contribution is 5.93. The van der Waals surface area contributed by atoms with E-state index in [1.807, 2.05) is 23.1 Å². The van der Waals surface area contributed by atoms with E-state index in [4.69, 9.17) is 4.74 Å². The van der Waals surface area contributed by atoms with E-state index in [0.717, 1.165) is 63.9 Å². The lowest BCUT2D eigenvalue weighted by molar-refractivity contribution is 0.123. The summed E-state index contributed by atoms with van der Waals surface area (Å²) in [6.45, 7) is 10.6. The first-order chi connectivity index (χ1) is 14.1. The molecule has 154 valence electrons. The first-order valence-electron chi connectivity index (χ1n) is 10.4. The number of carbonyl (C=O) groups is 1. The quantitative estimate of drug-likeness (QED) is 0.866. The number of para-hydroxylation sites is 3. The topological polar surface area (TPSA) is 48.0 Å². The minimum absolute atomic E-state index is 0.0214. The number of piperazine rings is 1. The zero-order valence-electron chi connectivity index (χ0n) is 17.4. The lowest BCUT2D eigenvalue weighted by Crippen LogP contribution is -2.50. The van der Waals surface area contributed by atoms with Crippen LogP contribution < -0.4 is 15.1 Å². The third kappa shape index (κ3) is 4.32. The summed E-state index contributed by atoms with van der Waals surface area (Å²) >= 11 is 0. The molecular weight excluding hydrogens is 364 g/mol. The average Bonchev–Trinajstić information content (AvgIpc) is 2.75. The molecule has 2 aromatic carbocycles. The van der Waals surface area contributed by atoms with Crippen LogP contribution in [-0.2, 0) is 4.74 Å². The first kappa shape index (κ1) is 19.6. The smallest absolute Gasteiger partial charge is 0.322 e. The van der Waals surface area contributed by atoms with E-state index in [-0.39, 0.29) is 6.03 Å². The number of urea groups is 1. The van der Waals surface area contributed by atoms with Gasteiger partial charge in [-0.25, -0.2) is 4.79 Å². The molecule has 0 spiro atoms. The lowest BCUT2D eigenvalue weighted by atomic mass is 10.1. The monoisotopic (exact) mass is 394 g/mol. The van der Waals surface area contributed by atoms with Gasteiger partial charge in [0.25, 0.3) is 0 Å². The number of amides is 2. The SMILES string of the molecule is Cc1cccc(C)c1N1CCN(C(=O)Nc2ccccc2N2CCOCC2)CC1. The van der Waals surface area contributed by atoms with Crippen molar-refractivity contribution in [3.05, 3.63) is 53.6 Å². The van der Waals surface area contributed by atoms with Crippen LogP contribution in [0.1, 0.15) is 11.1 Å². The number of hydrogen-bond acceptors (Lipinski definition) is 4. The summed E-state index contributed by atoms with van der Waals surface area (Å²) in [5.74, 6) is 0. The second kappa shape index (κ2) is 8.74. The van der Waals surface area contributed by atoms with Crippen molar-refractivity contribution in [3.8, 4) is 0 Å². The fourth-order valence-corrected chi connectivity index (χ4v) is 4.29. The molecule has 0 atom stereocenters. The van der Waals surface area contributed by atoms with E-state index in [9.17, 15) is 4.79 Å². The van der Waals surface area contributed by atoms with Crippen molar-refractivity contribution in [1.82, 2.24) is 4.90 Å². The van der Waals surface area contributed by atoms with E-state index in [1.54, 1.807) is 0 Å². The average molecular weight is 395 g/mol. The molecule has 2 heterocycles. The van der Waals surface area contributed by atoms with Crippen molar-refractivity contribution in [3.63, 3.8) is 0 Å². The van der Waals surface area contributed by atoms with Crippen molar-refractivity contribution in [1.29, 1.82) is 0 Å². The molecule has 2 saturated heterocycles. The summed E-state index contributed by atoms with van der Waals surface area (Å²) in [5.41, 5.74) is 5.84. The van der Waals surface area contributed by atoms with Crippen LogP contribution in [0.3, 0.4) is 0 Å². The van der Waals surface area contributed by atoms with Gasteiger partial charge in [-0.05, 0) is 37.1 Å². The minimum Gasteiger partial charge on any atom is -0.378 e. The zero-order valence-corrected chi connectivity index (χ0v) is 17.4. The van der Waals surface area contributed by atoms with Gasteiger partial charge in [0.15, 0.2) is 0 Å². The molecule has 6 nitrogen and oxygen atoms in total. The van der Waals surface area contributed by atoms with E-state index in [0.29, 0.717) is 0 Å². The Bertz CT molecular complexity index is 835. The third-order valence-corrected chi connectivity index (χ3v) is 5.82. The predicted octanol–water partition coefficient (Wildman–Crippen LogP) is 3.49. The highest BCUT2D eigenvalue weighted by atomic mass is 16.5. The number of nitrogens with zero attached hydrogens (tertiary/aromatic N) is 3. The van der Waals surface area contributed by atoms with E-state index >= 15 is 0 Å². The maximum Gasteiger partial charge on any atom is 0.322 e. The van der Waals surface area contributed by atoms with E-state index in [2.05, 4.69) is 53.2 Å². The molecule has 29 heavy (non-hydrogen) atoms. The summed E-state index contributed by atoms with van der Waals surface area (Å²) in [7, 11) is 0. The van der Waals surface area contributed by atoms with Gasteiger partial charge in [-0.15, -0.1) is 0 Å². The highest BCUT2D eigenvalue weighted by Crippen LogP contribution is 2.28. The number of carbonyl (C=O) groups excluding carboxylic acids is 1. The normalized spacial score (nSPS) is 17.4. The fourth-order valence-electron chi connectivity index (χ4n) is 4.29. The molecule has 0 aliphatic carbocycles. The Morgan fingerprint density at radius 3 is 2.17 bits per heavy atom. The Kier molecular flexibility index (Phi) is 5.90. The minimum atomic E-state index is -0.0214. The Morgan fingerprint density at radius 1 is 0.828 bits per heavy atom. The third-order valence-electron chi connectivity index (χ3n) is 5.82. The Balaban J connectivity index is 1.40. The standard InChI is InChI=1S/C23H30N4O2/c1-18-6-5-7-19(2)22(18)26-10-12-27(13-11-26)23(28)24-20-8-3-4-9-21(20)25-14-16-29-17-15-25/h3-9H,10-17H2,1-2H3,(H,24,28). The number of hydrogen-bond donors (Lipinski definition) is 1. The van der Waals surface area contributed by atoms with E-state index in [1.165, 1.54) is 16.8 Å². The zero-order chi connectivity index (χ0) is 20.2. The molecule has 0 radical (unpaired) electrons. The van der Waals surface area contributed by atoms with Gasteiger partial charge in [-0.3, -0.25) is 0 Å². The number of aryl methyl sites for hydroxylation is 2. The van der Waals surface area contributed by atoms with Gasteiger partial charge in [-0.1, -0.05) is 30.3 Å². The van der Waals surface area contributed by atoms with Gasteiger partial charge >= 0.3 is 6.03 Å². The van der Waals surface area contributed by atoms with Crippen LogP contribution in [0.15, 0.2) is 42.5 Å². The number of benzene rings is 2. The van der Waals surface area contributed by atoms with Crippen LogP contribution >= 0.6 is 0 Å². The Morgan fingerprint density at radius 2 is 1.48 bits per heavy atom. The van der Waals surface area contributed by atoms with Crippen LogP contribution in [0.2, 0.25) is 0 Å². The second-order valence-corrected chi connectivity index (χ2v) is 7.76. The largest absolute Gasteiger partial charge is 0.378 e. The van der Waals surface area contributed by atoms with Gasteiger partial charge in [0.1, 0.15) is 0 Å². The Hall–Kier alpha value is -2.73. The molecule has 0 saturated carbocycles. The van der Waals surface area contributed by atoms with Crippen molar-refractivity contribution >= 4 is 23.1 Å². The van der Waals surface area contributed by atoms with E-state index < -0.39 is 0 Å².